The molecule has 0 spiro atoms. The smallest absolute Gasteiger partial charge is 0.325 e. The number of esters is 1. The van der Waals surface area contributed by atoms with Gasteiger partial charge in [-0.1, -0.05) is 55.2 Å². The number of fused-ring (bicyclic) bond motifs is 1. The van der Waals surface area contributed by atoms with Crippen LogP contribution in [-0.4, -0.2) is 47.8 Å². The monoisotopic (exact) mass is 602 g/mol. The molecule has 3 aromatic rings. The third-order valence-corrected chi connectivity index (χ3v) is 6.83. The zero-order valence-corrected chi connectivity index (χ0v) is 25.2. The second-order valence-electron chi connectivity index (χ2n) is 9.92. The highest BCUT2D eigenvalue weighted by Gasteiger charge is 2.22. The van der Waals surface area contributed by atoms with Crippen LogP contribution in [0.5, 0.6) is 5.75 Å². The van der Waals surface area contributed by atoms with Crippen molar-refractivity contribution in [2.75, 3.05) is 13.2 Å². The van der Waals surface area contributed by atoms with Crippen molar-refractivity contribution < 1.29 is 23.9 Å². The number of hydrazone groups is 1. The Labute approximate surface area is 250 Å². The van der Waals surface area contributed by atoms with Gasteiger partial charge in [-0.05, 0) is 56.9 Å². The molecule has 0 saturated carbocycles. The lowest BCUT2D eigenvalue weighted by Crippen LogP contribution is -2.46. The number of nitrogens with one attached hydrogen (secondary N) is 2. The summed E-state index contributed by atoms with van der Waals surface area (Å²) in [7, 11) is 0. The molecule has 3 rings (SSSR count). The molecule has 2 amide bonds. The largest absolute Gasteiger partial charge is 0.492 e. The molecule has 0 aliphatic carbocycles. The van der Waals surface area contributed by atoms with Crippen LogP contribution in [0.25, 0.3) is 10.9 Å². The molecular weight excluding hydrogens is 567 g/mol. The van der Waals surface area contributed by atoms with Gasteiger partial charge < -0.3 is 19.4 Å². The van der Waals surface area contributed by atoms with Gasteiger partial charge in [0, 0.05) is 33.6 Å². The predicted octanol–water partition coefficient (Wildman–Crippen LogP) is 5.66. The lowest BCUT2D eigenvalue weighted by atomic mass is 10.0. The van der Waals surface area contributed by atoms with Crippen molar-refractivity contribution in [2.24, 2.45) is 11.0 Å². The SMILES string of the molecule is CCOC(=O)Cn1c(C)c(/C=N\NC(=O)[C@H](CC(C)C)NC(=O)CCCOc2ccc(Cl)cc2Cl)c2ccccc21. The van der Waals surface area contributed by atoms with Crippen molar-refractivity contribution in [1.82, 2.24) is 15.3 Å². The van der Waals surface area contributed by atoms with Gasteiger partial charge in [-0.3, -0.25) is 14.4 Å². The first kappa shape index (κ1) is 32.0. The molecule has 1 aromatic heterocycles. The number of amides is 2. The molecule has 9 nitrogen and oxygen atoms in total. The maximum Gasteiger partial charge on any atom is 0.325 e. The number of carbonyl (C=O) groups excluding carboxylic acids is 3. The van der Waals surface area contributed by atoms with E-state index in [1.54, 1.807) is 31.3 Å². The van der Waals surface area contributed by atoms with Crippen LogP contribution in [0.15, 0.2) is 47.6 Å². The van der Waals surface area contributed by atoms with E-state index in [1.165, 1.54) is 0 Å². The molecule has 2 aromatic carbocycles. The van der Waals surface area contributed by atoms with Gasteiger partial charge in [0.15, 0.2) is 0 Å². The van der Waals surface area contributed by atoms with E-state index in [-0.39, 0.29) is 37.4 Å². The van der Waals surface area contributed by atoms with Crippen molar-refractivity contribution in [3.63, 3.8) is 0 Å². The van der Waals surface area contributed by atoms with Gasteiger partial charge in [0.2, 0.25) is 5.91 Å². The van der Waals surface area contributed by atoms with Crippen molar-refractivity contribution in [2.45, 2.75) is 59.5 Å². The number of para-hydroxylation sites is 1. The molecule has 0 saturated heterocycles. The Morgan fingerprint density at radius 2 is 1.88 bits per heavy atom. The number of hydrogen-bond acceptors (Lipinski definition) is 6. The molecule has 41 heavy (non-hydrogen) atoms. The average molecular weight is 604 g/mol. The molecule has 0 aliphatic rings. The highest BCUT2D eigenvalue weighted by Crippen LogP contribution is 2.28. The number of halogens is 2. The Balaban J connectivity index is 1.60. The van der Waals surface area contributed by atoms with Gasteiger partial charge in [0.1, 0.15) is 18.3 Å². The molecule has 0 bridgehead atoms. The lowest BCUT2D eigenvalue weighted by molar-refractivity contribution is -0.143. The number of nitrogens with zero attached hydrogens (tertiary/aromatic N) is 2. The molecule has 1 heterocycles. The standard InChI is InChI=1S/C30H36Cl2N4O5/c1-5-40-29(38)18-36-20(4)23(22-9-6-7-10-26(22)36)17-33-35-30(39)25(15-19(2)3)34-28(37)11-8-14-41-27-13-12-21(31)16-24(27)32/h6-7,9-10,12-13,16-17,19,25H,5,8,11,14-15,18H2,1-4H3,(H,34,37)(H,35,39)/b33-17-/t25-/m0/s1. The normalized spacial score (nSPS) is 12.1. The van der Waals surface area contributed by atoms with Gasteiger partial charge in [0.05, 0.1) is 24.5 Å². The van der Waals surface area contributed by atoms with Gasteiger partial charge in [-0.15, -0.1) is 0 Å². The molecule has 2 N–H and O–H groups in total. The fourth-order valence-corrected chi connectivity index (χ4v) is 4.84. The van der Waals surface area contributed by atoms with Crippen LogP contribution in [0.3, 0.4) is 0 Å². The minimum Gasteiger partial charge on any atom is -0.492 e. The summed E-state index contributed by atoms with van der Waals surface area (Å²) < 4.78 is 12.6. The highest BCUT2D eigenvalue weighted by molar-refractivity contribution is 6.35. The number of aromatic nitrogens is 1. The lowest BCUT2D eigenvalue weighted by Gasteiger charge is -2.19. The summed E-state index contributed by atoms with van der Waals surface area (Å²) in [4.78, 5) is 37.8. The van der Waals surface area contributed by atoms with E-state index in [0.29, 0.717) is 35.2 Å². The summed E-state index contributed by atoms with van der Waals surface area (Å²) >= 11 is 12.0. The zero-order valence-electron chi connectivity index (χ0n) is 23.7. The van der Waals surface area contributed by atoms with Gasteiger partial charge in [-0.2, -0.15) is 5.10 Å². The molecule has 220 valence electrons. The van der Waals surface area contributed by atoms with Gasteiger partial charge in [0.25, 0.3) is 5.91 Å². The van der Waals surface area contributed by atoms with E-state index in [0.717, 1.165) is 22.2 Å². The fraction of sp³-hybridized carbons (Fsp3) is 0.400. The van der Waals surface area contributed by atoms with E-state index in [1.807, 2.05) is 49.6 Å². The summed E-state index contributed by atoms with van der Waals surface area (Å²) in [6.07, 6.45) is 2.62. The van der Waals surface area contributed by atoms with E-state index in [4.69, 9.17) is 32.7 Å². The number of ether oxygens (including phenoxy) is 2. The molecule has 0 radical (unpaired) electrons. The number of benzene rings is 2. The number of hydrogen-bond donors (Lipinski definition) is 2. The van der Waals surface area contributed by atoms with Crippen molar-refractivity contribution in [1.29, 1.82) is 0 Å². The second kappa shape index (κ2) is 15.4. The predicted molar refractivity (Wildman–Crippen MR) is 162 cm³/mol. The first-order valence-corrected chi connectivity index (χ1v) is 14.3. The molecule has 0 fully saturated rings. The quantitative estimate of drug-likeness (QED) is 0.107. The second-order valence-corrected chi connectivity index (χ2v) is 10.8. The topological polar surface area (TPSA) is 111 Å². The van der Waals surface area contributed by atoms with Crippen LogP contribution >= 0.6 is 23.2 Å². The Kier molecular flexibility index (Phi) is 12.0. The summed E-state index contributed by atoms with van der Waals surface area (Å²) in [6, 6.07) is 11.8. The molecule has 0 unspecified atom stereocenters. The summed E-state index contributed by atoms with van der Waals surface area (Å²) in [5.41, 5.74) is 5.01. The van der Waals surface area contributed by atoms with Crippen LogP contribution in [0.2, 0.25) is 10.0 Å². The fourth-order valence-electron chi connectivity index (χ4n) is 4.38. The zero-order chi connectivity index (χ0) is 29.9. The average Bonchev–Trinajstić information content (AvgIpc) is 3.17. The first-order chi connectivity index (χ1) is 19.6. The van der Waals surface area contributed by atoms with Crippen LogP contribution in [0.1, 0.15) is 51.3 Å². The van der Waals surface area contributed by atoms with Crippen molar-refractivity contribution >= 4 is 58.1 Å². The van der Waals surface area contributed by atoms with Crippen LogP contribution < -0.4 is 15.5 Å². The Hall–Kier alpha value is -3.56. The number of carbonyl (C=O) groups is 3. The van der Waals surface area contributed by atoms with Gasteiger partial charge in [-0.25, -0.2) is 5.43 Å². The Morgan fingerprint density at radius 1 is 1.12 bits per heavy atom. The van der Waals surface area contributed by atoms with Crippen molar-refractivity contribution in [3.05, 3.63) is 63.8 Å². The summed E-state index contributed by atoms with van der Waals surface area (Å²) in [5, 5.41) is 8.81. The molecule has 11 heteroatoms. The molecule has 0 aliphatic heterocycles. The minimum absolute atomic E-state index is 0.0701. The van der Waals surface area contributed by atoms with Crippen LogP contribution in [0, 0.1) is 12.8 Å². The van der Waals surface area contributed by atoms with Crippen LogP contribution in [0.4, 0.5) is 0 Å². The number of rotatable bonds is 14. The maximum atomic E-state index is 13.0. The summed E-state index contributed by atoms with van der Waals surface area (Å²) in [5.74, 6) is -0.362. The Bertz CT molecular complexity index is 1400. The van der Waals surface area contributed by atoms with E-state index < -0.39 is 11.9 Å². The van der Waals surface area contributed by atoms with Crippen LogP contribution in [-0.2, 0) is 25.7 Å². The Morgan fingerprint density at radius 3 is 2.59 bits per heavy atom. The first-order valence-electron chi connectivity index (χ1n) is 13.5. The van der Waals surface area contributed by atoms with E-state index in [9.17, 15) is 14.4 Å². The summed E-state index contributed by atoms with van der Waals surface area (Å²) in [6.45, 7) is 8.25. The van der Waals surface area contributed by atoms with Gasteiger partial charge >= 0.3 is 5.97 Å². The highest BCUT2D eigenvalue weighted by atomic mass is 35.5. The minimum atomic E-state index is -0.752. The maximum absolute atomic E-state index is 13.0. The van der Waals surface area contributed by atoms with E-state index >= 15 is 0 Å². The third-order valence-electron chi connectivity index (χ3n) is 6.30. The molecule has 1 atom stereocenters. The van der Waals surface area contributed by atoms with Crippen molar-refractivity contribution in [3.8, 4) is 5.75 Å². The molecular formula is C30H36Cl2N4O5. The third kappa shape index (κ3) is 9.23. The van der Waals surface area contributed by atoms with E-state index in [2.05, 4.69) is 15.8 Å².